The summed E-state index contributed by atoms with van der Waals surface area (Å²) in [7, 11) is 1.35. The van der Waals surface area contributed by atoms with E-state index in [2.05, 4.69) is 0 Å². The summed E-state index contributed by atoms with van der Waals surface area (Å²) < 4.78 is 6.79. The predicted octanol–water partition coefficient (Wildman–Crippen LogP) is 5.02. The van der Waals surface area contributed by atoms with Gasteiger partial charge >= 0.3 is 5.97 Å². The van der Waals surface area contributed by atoms with Gasteiger partial charge in [-0.2, -0.15) is 0 Å². The van der Waals surface area contributed by atoms with Crippen molar-refractivity contribution in [2.45, 2.75) is 78.4 Å². The van der Waals surface area contributed by atoms with E-state index in [0.29, 0.717) is 28.2 Å². The maximum atomic E-state index is 13.8. The van der Waals surface area contributed by atoms with Crippen LogP contribution in [0.1, 0.15) is 87.7 Å². The van der Waals surface area contributed by atoms with Gasteiger partial charge in [0.15, 0.2) is 5.78 Å². The van der Waals surface area contributed by atoms with Crippen LogP contribution in [0.5, 0.6) is 0 Å². The standard InChI is InChI=1S/C24H32N2O4S/c1-6-25-16(3)20(15(2)21(25)24(29)30-5)22(27)17(4)26(18-11-8-7-9-12-18)23(28)19-13-10-14-31-19/h10,13-14,17-18H,6-9,11-12H2,1-5H3. The van der Waals surface area contributed by atoms with Gasteiger partial charge in [-0.25, -0.2) is 4.79 Å². The van der Waals surface area contributed by atoms with Crippen molar-refractivity contribution < 1.29 is 19.1 Å². The molecule has 3 rings (SSSR count). The van der Waals surface area contributed by atoms with E-state index < -0.39 is 12.0 Å². The Kier molecular flexibility index (Phi) is 7.36. The van der Waals surface area contributed by atoms with Gasteiger partial charge in [-0.1, -0.05) is 25.3 Å². The molecule has 0 saturated heterocycles. The zero-order chi connectivity index (χ0) is 22.7. The number of amides is 1. The van der Waals surface area contributed by atoms with Crippen LogP contribution in [0.15, 0.2) is 17.5 Å². The Labute approximate surface area is 188 Å². The molecule has 1 aliphatic rings. The molecule has 2 aromatic rings. The van der Waals surface area contributed by atoms with Crippen LogP contribution in [0.2, 0.25) is 0 Å². The molecule has 168 valence electrons. The van der Waals surface area contributed by atoms with Gasteiger partial charge in [0, 0.05) is 23.8 Å². The topological polar surface area (TPSA) is 68.6 Å². The fourth-order valence-corrected chi connectivity index (χ4v) is 5.56. The van der Waals surface area contributed by atoms with Crippen molar-refractivity contribution >= 4 is 29.0 Å². The lowest BCUT2D eigenvalue weighted by Crippen LogP contribution is -2.50. The summed E-state index contributed by atoms with van der Waals surface area (Å²) >= 11 is 1.40. The third kappa shape index (κ3) is 4.33. The van der Waals surface area contributed by atoms with E-state index in [4.69, 9.17) is 4.74 Å². The van der Waals surface area contributed by atoms with Crippen molar-refractivity contribution in [3.05, 3.63) is 44.9 Å². The number of hydrogen-bond donors (Lipinski definition) is 0. The molecule has 31 heavy (non-hydrogen) atoms. The van der Waals surface area contributed by atoms with Crippen molar-refractivity contribution in [3.8, 4) is 0 Å². The number of rotatable bonds is 7. The second-order valence-electron chi connectivity index (χ2n) is 8.19. The minimum Gasteiger partial charge on any atom is -0.464 e. The van der Waals surface area contributed by atoms with Crippen LogP contribution in [0.3, 0.4) is 0 Å². The largest absolute Gasteiger partial charge is 0.464 e. The molecule has 1 atom stereocenters. The Balaban J connectivity index is 2.03. The van der Waals surface area contributed by atoms with Gasteiger partial charge in [-0.3, -0.25) is 9.59 Å². The van der Waals surface area contributed by atoms with Crippen molar-refractivity contribution in [2.24, 2.45) is 0 Å². The molecule has 7 heteroatoms. The van der Waals surface area contributed by atoms with E-state index in [9.17, 15) is 14.4 Å². The van der Waals surface area contributed by atoms with E-state index in [0.717, 1.165) is 31.4 Å². The number of carbonyl (C=O) groups is 3. The summed E-state index contributed by atoms with van der Waals surface area (Å²) in [6.45, 7) is 7.96. The summed E-state index contributed by atoms with van der Waals surface area (Å²) in [5.41, 5.74) is 2.29. The molecule has 6 nitrogen and oxygen atoms in total. The molecule has 2 aromatic heterocycles. The first-order chi connectivity index (χ1) is 14.8. The van der Waals surface area contributed by atoms with Crippen LogP contribution in [-0.4, -0.2) is 46.3 Å². The van der Waals surface area contributed by atoms with Crippen molar-refractivity contribution in [2.75, 3.05) is 7.11 Å². The van der Waals surface area contributed by atoms with Gasteiger partial charge in [0.1, 0.15) is 5.69 Å². The summed E-state index contributed by atoms with van der Waals surface area (Å²) in [6.07, 6.45) is 5.12. The first-order valence-electron chi connectivity index (χ1n) is 11.0. The Hall–Kier alpha value is -2.41. The lowest BCUT2D eigenvalue weighted by molar-refractivity contribution is 0.0490. The van der Waals surface area contributed by atoms with Crippen LogP contribution in [0.25, 0.3) is 0 Å². The third-order valence-corrected chi connectivity index (χ3v) is 7.30. The number of aromatic nitrogens is 1. The highest BCUT2D eigenvalue weighted by Gasteiger charge is 2.37. The van der Waals surface area contributed by atoms with Crippen LogP contribution in [0.4, 0.5) is 0 Å². The van der Waals surface area contributed by atoms with Gasteiger partial charge < -0.3 is 14.2 Å². The molecule has 0 radical (unpaired) electrons. The van der Waals surface area contributed by atoms with E-state index >= 15 is 0 Å². The number of Topliss-reactive ketones (excluding diaryl/α,β-unsaturated/α-hetero) is 1. The highest BCUT2D eigenvalue weighted by atomic mass is 32.1. The second kappa shape index (κ2) is 9.81. The smallest absolute Gasteiger partial charge is 0.354 e. The molecule has 0 bridgehead atoms. The number of nitrogens with zero attached hydrogens (tertiary/aromatic N) is 2. The quantitative estimate of drug-likeness (QED) is 0.444. The Bertz CT molecular complexity index is 955. The zero-order valence-electron chi connectivity index (χ0n) is 19.1. The normalized spacial score (nSPS) is 15.5. The van der Waals surface area contributed by atoms with Crippen molar-refractivity contribution in [3.63, 3.8) is 0 Å². The SMILES string of the molecule is CCn1c(C)c(C(=O)C(C)N(C(=O)c2cccs2)C2CCCCC2)c(C)c1C(=O)OC. The summed E-state index contributed by atoms with van der Waals surface area (Å²) in [5, 5.41) is 1.89. The number of carbonyl (C=O) groups excluding carboxylic acids is 3. The van der Waals surface area contributed by atoms with E-state index in [1.807, 2.05) is 42.9 Å². The number of esters is 1. The Morgan fingerprint density at radius 3 is 2.45 bits per heavy atom. The summed E-state index contributed by atoms with van der Waals surface area (Å²) in [4.78, 5) is 42.1. The van der Waals surface area contributed by atoms with Crippen molar-refractivity contribution in [1.29, 1.82) is 0 Å². The molecule has 0 aromatic carbocycles. The van der Waals surface area contributed by atoms with Gasteiger partial charge in [0.25, 0.3) is 5.91 Å². The number of ether oxygens (including phenoxy) is 1. The molecule has 0 aliphatic heterocycles. The monoisotopic (exact) mass is 444 g/mol. The van der Waals surface area contributed by atoms with E-state index in [1.54, 1.807) is 11.8 Å². The number of thiophene rings is 1. The first kappa shape index (κ1) is 23.3. The molecular formula is C24H32N2O4S. The molecule has 0 spiro atoms. The number of ketones is 1. The van der Waals surface area contributed by atoms with Crippen LogP contribution >= 0.6 is 11.3 Å². The van der Waals surface area contributed by atoms with Crippen LogP contribution in [-0.2, 0) is 11.3 Å². The van der Waals surface area contributed by atoms with E-state index in [1.165, 1.54) is 24.9 Å². The maximum absolute atomic E-state index is 13.8. The minimum atomic E-state index is -0.617. The van der Waals surface area contributed by atoms with Crippen molar-refractivity contribution in [1.82, 2.24) is 9.47 Å². The second-order valence-corrected chi connectivity index (χ2v) is 9.14. The Morgan fingerprint density at radius 1 is 1.23 bits per heavy atom. The minimum absolute atomic E-state index is 0.0521. The lowest BCUT2D eigenvalue weighted by Gasteiger charge is -2.38. The lowest BCUT2D eigenvalue weighted by atomic mass is 9.91. The average Bonchev–Trinajstić information content (AvgIpc) is 3.40. The predicted molar refractivity (Wildman–Crippen MR) is 122 cm³/mol. The summed E-state index contributed by atoms with van der Waals surface area (Å²) in [6, 6.07) is 3.12. The number of hydrogen-bond acceptors (Lipinski definition) is 5. The molecule has 1 aliphatic carbocycles. The average molecular weight is 445 g/mol. The third-order valence-electron chi connectivity index (χ3n) is 6.44. The first-order valence-corrected chi connectivity index (χ1v) is 11.9. The maximum Gasteiger partial charge on any atom is 0.354 e. The van der Waals surface area contributed by atoms with Crippen LogP contribution in [0, 0.1) is 13.8 Å². The molecule has 1 saturated carbocycles. The molecule has 2 heterocycles. The molecular weight excluding hydrogens is 412 g/mol. The number of methoxy groups -OCH3 is 1. The Morgan fingerprint density at radius 2 is 1.90 bits per heavy atom. The zero-order valence-corrected chi connectivity index (χ0v) is 19.9. The highest BCUT2D eigenvalue weighted by Crippen LogP contribution is 2.30. The molecule has 1 fully saturated rings. The van der Waals surface area contributed by atoms with Gasteiger partial charge in [-0.15, -0.1) is 11.3 Å². The van der Waals surface area contributed by atoms with Gasteiger partial charge in [0.2, 0.25) is 0 Å². The molecule has 0 N–H and O–H groups in total. The summed E-state index contributed by atoms with van der Waals surface area (Å²) in [5.74, 6) is -0.656. The van der Waals surface area contributed by atoms with Gasteiger partial charge in [0.05, 0.1) is 18.0 Å². The highest BCUT2D eigenvalue weighted by molar-refractivity contribution is 7.12. The molecule has 1 unspecified atom stereocenters. The fraction of sp³-hybridized carbons (Fsp3) is 0.542. The molecule has 1 amide bonds. The fourth-order valence-electron chi connectivity index (χ4n) is 4.89. The van der Waals surface area contributed by atoms with E-state index in [-0.39, 0.29) is 17.7 Å². The van der Waals surface area contributed by atoms with Gasteiger partial charge in [-0.05, 0) is 57.5 Å². The van der Waals surface area contributed by atoms with Crippen LogP contribution < -0.4 is 0 Å².